The first-order valence-electron chi connectivity index (χ1n) is 8.86. The number of para-hydroxylation sites is 1. The fourth-order valence-electron chi connectivity index (χ4n) is 2.61. The van der Waals surface area contributed by atoms with Crippen LogP contribution in [0.2, 0.25) is 0 Å². The molecule has 3 aromatic rings. The molecular formula is C22H23N3O2. The Morgan fingerprint density at radius 3 is 2.74 bits per heavy atom. The molecule has 0 radical (unpaired) electrons. The predicted octanol–water partition coefficient (Wildman–Crippen LogP) is 3.68. The van der Waals surface area contributed by atoms with Crippen molar-refractivity contribution in [1.29, 1.82) is 0 Å². The summed E-state index contributed by atoms with van der Waals surface area (Å²) in [6.45, 7) is 3.21. The highest BCUT2D eigenvalue weighted by Gasteiger charge is 2.03. The second-order valence-corrected chi connectivity index (χ2v) is 6.37. The average Bonchev–Trinajstić information content (AvgIpc) is 3.11. The van der Waals surface area contributed by atoms with E-state index in [1.165, 1.54) is 5.56 Å². The number of hydrogen-bond acceptors (Lipinski definition) is 4. The fraction of sp³-hybridized carbons (Fsp3) is 0.182. The number of rotatable bonds is 8. The smallest absolute Gasteiger partial charge is 0.160 e. The maximum absolute atomic E-state index is 12.1. The van der Waals surface area contributed by atoms with Gasteiger partial charge in [0.2, 0.25) is 0 Å². The van der Waals surface area contributed by atoms with Gasteiger partial charge in [0, 0.05) is 23.9 Å². The average molecular weight is 361 g/mol. The molecule has 27 heavy (non-hydrogen) atoms. The standard InChI is InChI=1S/C22H23N3O2/c1-17-6-10-21(11-7-17)27-13-12-25-16-18(15-24-25)8-9-20(26)14-19-4-2-3-5-22(19)23/h2-11,15-16H,12-14,23H2,1H3/b9-8+. The second kappa shape index (κ2) is 8.85. The van der Waals surface area contributed by atoms with Crippen LogP contribution in [-0.4, -0.2) is 22.2 Å². The van der Waals surface area contributed by atoms with E-state index < -0.39 is 0 Å². The molecule has 5 heteroatoms. The molecule has 5 nitrogen and oxygen atoms in total. The Kier molecular flexibility index (Phi) is 6.05. The lowest BCUT2D eigenvalue weighted by Gasteiger charge is -2.06. The van der Waals surface area contributed by atoms with Crippen molar-refractivity contribution >= 4 is 17.5 Å². The van der Waals surface area contributed by atoms with Crippen molar-refractivity contribution in [2.75, 3.05) is 12.3 Å². The molecular weight excluding hydrogens is 338 g/mol. The molecule has 0 unspecified atom stereocenters. The van der Waals surface area contributed by atoms with Gasteiger partial charge in [0.05, 0.1) is 12.7 Å². The van der Waals surface area contributed by atoms with E-state index >= 15 is 0 Å². The van der Waals surface area contributed by atoms with Gasteiger partial charge in [-0.2, -0.15) is 5.10 Å². The number of ether oxygens (including phenoxy) is 1. The minimum Gasteiger partial charge on any atom is -0.492 e. The van der Waals surface area contributed by atoms with Crippen molar-refractivity contribution in [3.8, 4) is 5.75 Å². The van der Waals surface area contributed by atoms with E-state index in [4.69, 9.17) is 10.5 Å². The summed E-state index contributed by atoms with van der Waals surface area (Å²) >= 11 is 0. The molecule has 0 bridgehead atoms. The number of allylic oxidation sites excluding steroid dienone is 1. The van der Waals surface area contributed by atoms with Crippen LogP contribution in [0.15, 0.2) is 67.0 Å². The first-order valence-corrected chi connectivity index (χ1v) is 8.86. The highest BCUT2D eigenvalue weighted by atomic mass is 16.5. The number of nitrogens with zero attached hydrogens (tertiary/aromatic N) is 2. The number of nitrogen functional groups attached to an aromatic ring is 1. The highest BCUT2D eigenvalue weighted by molar-refractivity contribution is 5.95. The van der Waals surface area contributed by atoms with Crippen LogP contribution in [0, 0.1) is 6.92 Å². The van der Waals surface area contributed by atoms with E-state index in [2.05, 4.69) is 5.10 Å². The monoisotopic (exact) mass is 361 g/mol. The van der Waals surface area contributed by atoms with Crippen LogP contribution in [0.5, 0.6) is 5.75 Å². The Labute approximate surface area is 159 Å². The van der Waals surface area contributed by atoms with Gasteiger partial charge < -0.3 is 10.5 Å². The first kappa shape index (κ1) is 18.5. The molecule has 0 aliphatic rings. The summed E-state index contributed by atoms with van der Waals surface area (Å²) in [5.41, 5.74) is 9.44. The van der Waals surface area contributed by atoms with Crippen molar-refractivity contribution in [2.24, 2.45) is 0 Å². The number of carbonyl (C=O) groups is 1. The quantitative estimate of drug-likeness (QED) is 0.491. The topological polar surface area (TPSA) is 70.1 Å². The lowest BCUT2D eigenvalue weighted by molar-refractivity contribution is -0.113. The molecule has 1 aromatic heterocycles. The van der Waals surface area contributed by atoms with Gasteiger partial charge in [-0.3, -0.25) is 9.48 Å². The zero-order chi connectivity index (χ0) is 19.1. The molecule has 138 valence electrons. The zero-order valence-corrected chi connectivity index (χ0v) is 15.3. The van der Waals surface area contributed by atoms with E-state index in [0.29, 0.717) is 25.3 Å². The van der Waals surface area contributed by atoms with Gasteiger partial charge >= 0.3 is 0 Å². The Morgan fingerprint density at radius 2 is 1.96 bits per heavy atom. The number of aromatic nitrogens is 2. The SMILES string of the molecule is Cc1ccc(OCCn2cc(/C=C/C(=O)Cc3ccccc3N)cn2)cc1. The number of anilines is 1. The molecule has 3 rings (SSSR count). The molecule has 0 saturated carbocycles. The van der Waals surface area contributed by atoms with Crippen LogP contribution in [-0.2, 0) is 17.8 Å². The second-order valence-electron chi connectivity index (χ2n) is 6.37. The number of benzene rings is 2. The lowest BCUT2D eigenvalue weighted by Crippen LogP contribution is -2.08. The predicted molar refractivity (Wildman–Crippen MR) is 108 cm³/mol. The number of nitrogens with two attached hydrogens (primary N) is 1. The van der Waals surface area contributed by atoms with Crippen LogP contribution >= 0.6 is 0 Å². The molecule has 0 aliphatic carbocycles. The van der Waals surface area contributed by atoms with Crippen LogP contribution in [0.4, 0.5) is 5.69 Å². The largest absolute Gasteiger partial charge is 0.492 e. The van der Waals surface area contributed by atoms with Crippen molar-refractivity contribution < 1.29 is 9.53 Å². The van der Waals surface area contributed by atoms with E-state index in [-0.39, 0.29) is 5.78 Å². The number of hydrogen-bond donors (Lipinski definition) is 1. The molecule has 0 fully saturated rings. The Hall–Kier alpha value is -3.34. The third kappa shape index (κ3) is 5.57. The maximum atomic E-state index is 12.1. The van der Waals surface area contributed by atoms with Crippen molar-refractivity contribution in [3.63, 3.8) is 0 Å². The molecule has 0 atom stereocenters. The summed E-state index contributed by atoms with van der Waals surface area (Å²) < 4.78 is 7.50. The van der Waals surface area contributed by atoms with Gasteiger partial charge in [0.15, 0.2) is 5.78 Å². The zero-order valence-electron chi connectivity index (χ0n) is 15.3. The Bertz CT molecular complexity index is 927. The fourth-order valence-corrected chi connectivity index (χ4v) is 2.61. The van der Waals surface area contributed by atoms with E-state index in [9.17, 15) is 4.79 Å². The van der Waals surface area contributed by atoms with Gasteiger partial charge in [0.25, 0.3) is 0 Å². The first-order chi connectivity index (χ1) is 13.1. The summed E-state index contributed by atoms with van der Waals surface area (Å²) in [5, 5.41) is 4.29. The molecule has 0 amide bonds. The summed E-state index contributed by atoms with van der Waals surface area (Å²) in [6, 6.07) is 15.4. The summed E-state index contributed by atoms with van der Waals surface area (Å²) in [7, 11) is 0. The minimum absolute atomic E-state index is 0.00311. The number of ketones is 1. The van der Waals surface area contributed by atoms with Crippen LogP contribution in [0.3, 0.4) is 0 Å². The van der Waals surface area contributed by atoms with Gasteiger partial charge in [-0.05, 0) is 42.8 Å². The minimum atomic E-state index is 0.00311. The molecule has 0 spiro atoms. The van der Waals surface area contributed by atoms with Crippen LogP contribution < -0.4 is 10.5 Å². The maximum Gasteiger partial charge on any atom is 0.160 e. The molecule has 0 aliphatic heterocycles. The van der Waals surface area contributed by atoms with Gasteiger partial charge in [-0.25, -0.2) is 0 Å². The lowest BCUT2D eigenvalue weighted by atomic mass is 10.1. The van der Waals surface area contributed by atoms with Crippen molar-refractivity contribution in [1.82, 2.24) is 9.78 Å². The molecule has 2 aromatic carbocycles. The molecule has 0 saturated heterocycles. The van der Waals surface area contributed by atoms with Gasteiger partial charge in [-0.15, -0.1) is 0 Å². The van der Waals surface area contributed by atoms with E-state index in [0.717, 1.165) is 16.9 Å². The highest BCUT2D eigenvalue weighted by Crippen LogP contribution is 2.13. The molecule has 2 N–H and O–H groups in total. The molecule has 1 heterocycles. The number of carbonyl (C=O) groups excluding carboxylic acids is 1. The summed E-state index contributed by atoms with van der Waals surface area (Å²) in [4.78, 5) is 12.1. The van der Waals surface area contributed by atoms with Crippen molar-refractivity contribution in [3.05, 3.63) is 83.7 Å². The Balaban J connectivity index is 1.48. The van der Waals surface area contributed by atoms with Crippen LogP contribution in [0.1, 0.15) is 16.7 Å². The number of aryl methyl sites for hydroxylation is 1. The van der Waals surface area contributed by atoms with Gasteiger partial charge in [0.1, 0.15) is 12.4 Å². The van der Waals surface area contributed by atoms with E-state index in [1.807, 2.05) is 55.6 Å². The summed E-state index contributed by atoms with van der Waals surface area (Å²) in [5.74, 6) is 0.849. The van der Waals surface area contributed by atoms with Crippen LogP contribution in [0.25, 0.3) is 6.08 Å². The summed E-state index contributed by atoms with van der Waals surface area (Å²) in [6.07, 6.45) is 7.25. The van der Waals surface area contributed by atoms with E-state index in [1.54, 1.807) is 29.1 Å². The van der Waals surface area contributed by atoms with Crippen molar-refractivity contribution in [2.45, 2.75) is 19.9 Å². The third-order valence-corrected chi connectivity index (χ3v) is 4.14. The van der Waals surface area contributed by atoms with Gasteiger partial charge in [-0.1, -0.05) is 35.9 Å². The normalized spacial score (nSPS) is 11.0. The Morgan fingerprint density at radius 1 is 1.19 bits per heavy atom. The third-order valence-electron chi connectivity index (χ3n) is 4.14.